The van der Waals surface area contributed by atoms with Crippen LogP contribution in [0.2, 0.25) is 0 Å². The molecule has 0 atom stereocenters. The Balaban J connectivity index is 2.94. The number of rotatable bonds is 2. The second-order valence-electron chi connectivity index (χ2n) is 8.50. The van der Waals surface area contributed by atoms with Gasteiger partial charge in [0.25, 0.3) is 0 Å². The molecule has 0 bridgehead atoms. The molecule has 0 spiro atoms. The summed E-state index contributed by atoms with van der Waals surface area (Å²) in [5.74, 6) is 0.409. The molecule has 0 saturated carbocycles. The van der Waals surface area contributed by atoms with Gasteiger partial charge in [-0.1, -0.05) is 47.6 Å². The average molecular weight is 365 g/mol. The summed E-state index contributed by atoms with van der Waals surface area (Å²) >= 11 is 0. The molecule has 0 fully saturated rings. The highest BCUT2D eigenvalue weighted by Gasteiger charge is 2.37. The molecule has 0 saturated heterocycles. The zero-order chi connectivity index (χ0) is 19.9. The average Bonchev–Trinajstić information content (AvgIpc) is 2.51. The number of halogens is 3. The van der Waals surface area contributed by atoms with E-state index in [1.165, 1.54) is 19.4 Å². The fourth-order valence-electron chi connectivity index (χ4n) is 2.88. The van der Waals surface area contributed by atoms with Gasteiger partial charge in [0, 0.05) is 11.8 Å². The van der Waals surface area contributed by atoms with Gasteiger partial charge in [-0.3, -0.25) is 4.98 Å². The van der Waals surface area contributed by atoms with E-state index in [9.17, 15) is 13.2 Å². The molecule has 1 aromatic heterocycles. The molecule has 0 unspecified atom stereocenters. The molecule has 5 heteroatoms. The summed E-state index contributed by atoms with van der Waals surface area (Å²) in [6.07, 6.45) is -3.11. The van der Waals surface area contributed by atoms with E-state index >= 15 is 0 Å². The largest absolute Gasteiger partial charge is 0.496 e. The normalized spacial score (nSPS) is 13.0. The van der Waals surface area contributed by atoms with Crippen LogP contribution in [0.4, 0.5) is 13.2 Å². The van der Waals surface area contributed by atoms with Crippen LogP contribution in [-0.4, -0.2) is 12.1 Å². The van der Waals surface area contributed by atoms with Crippen LogP contribution in [0.25, 0.3) is 11.3 Å². The lowest BCUT2D eigenvalue weighted by Crippen LogP contribution is -2.19. The third-order valence-corrected chi connectivity index (χ3v) is 4.35. The lowest BCUT2D eigenvalue weighted by atomic mass is 9.77. The Morgan fingerprint density at radius 2 is 1.50 bits per heavy atom. The number of methoxy groups -OCH3 is 1. The Bertz CT molecular complexity index is 796. The van der Waals surface area contributed by atoms with Gasteiger partial charge in [0.1, 0.15) is 5.75 Å². The molecule has 0 aliphatic carbocycles. The van der Waals surface area contributed by atoms with Crippen molar-refractivity contribution < 1.29 is 17.9 Å². The minimum Gasteiger partial charge on any atom is -0.496 e. The first-order valence-corrected chi connectivity index (χ1v) is 8.52. The molecule has 1 aromatic carbocycles. The van der Waals surface area contributed by atoms with Crippen molar-refractivity contribution in [2.75, 3.05) is 7.11 Å². The maximum atomic E-state index is 13.6. The topological polar surface area (TPSA) is 22.1 Å². The van der Waals surface area contributed by atoms with Crippen molar-refractivity contribution in [3.63, 3.8) is 0 Å². The van der Waals surface area contributed by atoms with E-state index in [-0.39, 0.29) is 16.5 Å². The molecule has 1 heterocycles. The van der Waals surface area contributed by atoms with Crippen molar-refractivity contribution in [1.29, 1.82) is 0 Å². The molecule has 2 nitrogen and oxygen atoms in total. The van der Waals surface area contributed by atoms with E-state index in [2.05, 4.69) is 25.8 Å². The number of benzene rings is 1. The number of alkyl halides is 3. The van der Waals surface area contributed by atoms with Crippen molar-refractivity contribution in [3.05, 3.63) is 47.2 Å². The van der Waals surface area contributed by atoms with Gasteiger partial charge >= 0.3 is 6.18 Å². The molecule has 0 N–H and O–H groups in total. The summed E-state index contributed by atoms with van der Waals surface area (Å²) < 4.78 is 46.3. The van der Waals surface area contributed by atoms with Gasteiger partial charge in [-0.15, -0.1) is 0 Å². The van der Waals surface area contributed by atoms with Crippen molar-refractivity contribution in [2.45, 2.75) is 58.5 Å². The molecule has 0 aliphatic rings. The number of hydrogen-bond acceptors (Lipinski definition) is 2. The van der Waals surface area contributed by atoms with Crippen molar-refractivity contribution in [2.24, 2.45) is 0 Å². The number of nitrogens with zero attached hydrogens (tertiary/aromatic N) is 1. The van der Waals surface area contributed by atoms with E-state index < -0.39 is 11.7 Å². The van der Waals surface area contributed by atoms with Crippen molar-refractivity contribution >= 4 is 0 Å². The van der Waals surface area contributed by atoms with E-state index in [0.717, 1.165) is 17.2 Å². The molecule has 2 aromatic rings. The first-order valence-electron chi connectivity index (χ1n) is 8.52. The van der Waals surface area contributed by atoms with Gasteiger partial charge in [0.15, 0.2) is 0 Å². The van der Waals surface area contributed by atoms with Gasteiger partial charge in [-0.05, 0) is 40.2 Å². The number of hydrogen-bond donors (Lipinski definition) is 0. The Hall–Kier alpha value is -2.04. The molecule has 2 rings (SSSR count). The monoisotopic (exact) mass is 365 g/mol. The number of aromatic nitrogens is 1. The van der Waals surface area contributed by atoms with Crippen LogP contribution in [0, 0.1) is 0 Å². The third-order valence-electron chi connectivity index (χ3n) is 4.35. The summed E-state index contributed by atoms with van der Waals surface area (Å²) in [4.78, 5) is 4.09. The van der Waals surface area contributed by atoms with Crippen LogP contribution in [0.3, 0.4) is 0 Å². The Morgan fingerprint density at radius 3 is 1.96 bits per heavy atom. The first-order chi connectivity index (χ1) is 11.8. The fraction of sp³-hybridized carbons (Fsp3) is 0.476. The molecule has 26 heavy (non-hydrogen) atoms. The fourth-order valence-corrected chi connectivity index (χ4v) is 2.88. The van der Waals surface area contributed by atoms with Crippen LogP contribution in [0.15, 0.2) is 30.5 Å². The molecule has 0 radical (unpaired) electrons. The molecular formula is C21H26F3NO. The quantitative estimate of drug-likeness (QED) is 0.617. The van der Waals surface area contributed by atoms with Gasteiger partial charge in [-0.2, -0.15) is 13.2 Å². The van der Waals surface area contributed by atoms with Gasteiger partial charge in [0.05, 0.1) is 18.4 Å². The lowest BCUT2D eigenvalue weighted by molar-refractivity contribution is -0.137. The zero-order valence-electron chi connectivity index (χ0n) is 16.4. The second-order valence-corrected chi connectivity index (χ2v) is 8.50. The maximum Gasteiger partial charge on any atom is 0.418 e. The van der Waals surface area contributed by atoms with Crippen LogP contribution in [0.1, 0.15) is 58.2 Å². The van der Waals surface area contributed by atoms with Crippen LogP contribution in [-0.2, 0) is 17.0 Å². The predicted octanol–water partition coefficient (Wildman–Crippen LogP) is 6.37. The Morgan fingerprint density at radius 1 is 0.885 bits per heavy atom. The minimum absolute atomic E-state index is 0.0952. The predicted molar refractivity (Wildman–Crippen MR) is 98.6 cm³/mol. The summed E-state index contributed by atoms with van der Waals surface area (Å²) in [5, 5.41) is 0. The highest BCUT2D eigenvalue weighted by atomic mass is 19.4. The second kappa shape index (κ2) is 6.60. The van der Waals surface area contributed by atoms with Crippen molar-refractivity contribution in [3.8, 4) is 17.0 Å². The number of ether oxygens (including phenoxy) is 1. The van der Waals surface area contributed by atoms with Gasteiger partial charge < -0.3 is 4.74 Å². The molecule has 0 aliphatic heterocycles. The van der Waals surface area contributed by atoms with E-state index in [1.807, 2.05) is 32.9 Å². The highest BCUT2D eigenvalue weighted by molar-refractivity contribution is 5.76. The van der Waals surface area contributed by atoms with Crippen LogP contribution >= 0.6 is 0 Å². The number of pyridine rings is 1. The molecule has 0 amide bonds. The summed E-state index contributed by atoms with van der Waals surface area (Å²) in [6, 6.07) is 6.16. The standard InChI is InChI=1S/C21H26F3NO/c1-19(2,3)13-11-15(20(4,5)6)17(16(12-13)26-7)18-14(21(22,23)24)9-8-10-25-18/h8-12H,1-7H3. The van der Waals surface area contributed by atoms with Gasteiger partial charge in [-0.25, -0.2) is 0 Å². The SMILES string of the molecule is COc1cc(C(C)(C)C)cc(C(C)(C)C)c1-c1ncccc1C(F)(F)F. The minimum atomic E-state index is -4.49. The smallest absolute Gasteiger partial charge is 0.418 e. The third kappa shape index (κ3) is 4.02. The van der Waals surface area contributed by atoms with Crippen LogP contribution < -0.4 is 4.74 Å². The first kappa shape index (κ1) is 20.3. The van der Waals surface area contributed by atoms with Crippen LogP contribution in [0.5, 0.6) is 5.75 Å². The van der Waals surface area contributed by atoms with E-state index in [4.69, 9.17) is 4.74 Å². The van der Waals surface area contributed by atoms with E-state index in [0.29, 0.717) is 11.3 Å². The molecule has 142 valence electrons. The lowest BCUT2D eigenvalue weighted by Gasteiger charge is -2.29. The van der Waals surface area contributed by atoms with Gasteiger partial charge in [0.2, 0.25) is 0 Å². The Kier molecular flexibility index (Phi) is 5.15. The molecular weight excluding hydrogens is 339 g/mol. The van der Waals surface area contributed by atoms with Crippen molar-refractivity contribution in [1.82, 2.24) is 4.98 Å². The summed E-state index contributed by atoms with van der Waals surface area (Å²) in [7, 11) is 1.48. The highest BCUT2D eigenvalue weighted by Crippen LogP contribution is 2.45. The summed E-state index contributed by atoms with van der Waals surface area (Å²) in [5.41, 5.74) is 0.793. The summed E-state index contributed by atoms with van der Waals surface area (Å²) in [6.45, 7) is 12.1. The zero-order valence-corrected chi connectivity index (χ0v) is 16.4. The maximum absolute atomic E-state index is 13.6. The van der Waals surface area contributed by atoms with E-state index in [1.54, 1.807) is 0 Å². The Labute approximate surface area is 153 Å².